The average Bonchev–Trinajstić information content (AvgIpc) is 2.75. The highest BCUT2D eigenvalue weighted by Crippen LogP contribution is 2.33. The molecule has 1 N–H and O–H groups in total. The molecule has 1 atom stereocenters. The lowest BCUT2D eigenvalue weighted by Gasteiger charge is -2.29. The maximum atomic E-state index is 12.7. The molecule has 1 saturated heterocycles. The second-order valence-electron chi connectivity index (χ2n) is 5.97. The standard InChI is InChI=1S/C17H21NO5/c19-15(11-12-5-8-22-9-6-12)18-7-10-23-14-4-2-1-3-13(14)16(18)17(20)21/h1-4,12,16H,5-11H2,(H,20,21). The Morgan fingerprint density at radius 3 is 2.65 bits per heavy atom. The van der Waals surface area contributed by atoms with Crippen molar-refractivity contribution < 1.29 is 24.2 Å². The predicted molar refractivity (Wildman–Crippen MR) is 82.2 cm³/mol. The normalized spacial score (nSPS) is 21.9. The van der Waals surface area contributed by atoms with E-state index in [-0.39, 0.29) is 18.4 Å². The highest BCUT2D eigenvalue weighted by Gasteiger charge is 2.35. The summed E-state index contributed by atoms with van der Waals surface area (Å²) in [6.45, 7) is 1.94. The quantitative estimate of drug-likeness (QED) is 0.920. The lowest BCUT2D eigenvalue weighted by molar-refractivity contribution is -0.151. The maximum absolute atomic E-state index is 12.7. The monoisotopic (exact) mass is 319 g/mol. The van der Waals surface area contributed by atoms with Crippen LogP contribution in [0, 0.1) is 5.92 Å². The summed E-state index contributed by atoms with van der Waals surface area (Å²) >= 11 is 0. The molecule has 2 aliphatic rings. The van der Waals surface area contributed by atoms with Crippen LogP contribution >= 0.6 is 0 Å². The summed E-state index contributed by atoms with van der Waals surface area (Å²) in [6.07, 6.45) is 2.07. The first-order chi connectivity index (χ1) is 11.2. The third-order valence-corrected chi connectivity index (χ3v) is 4.47. The molecular formula is C17H21NO5. The van der Waals surface area contributed by atoms with Gasteiger partial charge in [0.05, 0.1) is 6.54 Å². The molecular weight excluding hydrogens is 298 g/mol. The van der Waals surface area contributed by atoms with Crippen LogP contribution in [0.2, 0.25) is 0 Å². The summed E-state index contributed by atoms with van der Waals surface area (Å²) in [4.78, 5) is 26.0. The first-order valence-electron chi connectivity index (χ1n) is 7.98. The number of amides is 1. The molecule has 6 nitrogen and oxygen atoms in total. The molecule has 0 radical (unpaired) electrons. The van der Waals surface area contributed by atoms with Crippen molar-refractivity contribution in [1.82, 2.24) is 4.90 Å². The van der Waals surface area contributed by atoms with Crippen LogP contribution in [-0.2, 0) is 14.3 Å². The van der Waals surface area contributed by atoms with E-state index in [2.05, 4.69) is 0 Å². The minimum absolute atomic E-state index is 0.121. The van der Waals surface area contributed by atoms with Crippen molar-refractivity contribution >= 4 is 11.9 Å². The number of hydrogen-bond donors (Lipinski definition) is 1. The van der Waals surface area contributed by atoms with Crippen molar-refractivity contribution in [3.63, 3.8) is 0 Å². The fourth-order valence-electron chi connectivity index (χ4n) is 3.24. The summed E-state index contributed by atoms with van der Waals surface area (Å²) in [6, 6.07) is 6.05. The highest BCUT2D eigenvalue weighted by molar-refractivity contribution is 5.85. The Labute approximate surface area is 135 Å². The van der Waals surface area contributed by atoms with Gasteiger partial charge in [0.15, 0.2) is 6.04 Å². The predicted octanol–water partition coefficient (Wildman–Crippen LogP) is 1.85. The summed E-state index contributed by atoms with van der Waals surface area (Å²) < 4.78 is 10.9. The molecule has 3 rings (SSSR count). The molecule has 1 unspecified atom stereocenters. The van der Waals surface area contributed by atoms with Crippen molar-refractivity contribution in [2.75, 3.05) is 26.4 Å². The molecule has 0 aliphatic carbocycles. The number of carbonyl (C=O) groups excluding carboxylic acids is 1. The van der Waals surface area contributed by atoms with Gasteiger partial charge in [-0.05, 0) is 24.8 Å². The van der Waals surface area contributed by atoms with Crippen molar-refractivity contribution in [2.45, 2.75) is 25.3 Å². The number of aliphatic carboxylic acids is 1. The van der Waals surface area contributed by atoms with E-state index in [0.29, 0.717) is 37.6 Å². The fourth-order valence-corrected chi connectivity index (χ4v) is 3.24. The number of carboxylic acid groups (broad SMARTS) is 1. The molecule has 0 spiro atoms. The molecule has 2 aliphatic heterocycles. The summed E-state index contributed by atoms with van der Waals surface area (Å²) in [7, 11) is 0. The van der Waals surface area contributed by atoms with E-state index in [1.807, 2.05) is 0 Å². The molecule has 0 aromatic heterocycles. The van der Waals surface area contributed by atoms with E-state index < -0.39 is 12.0 Å². The van der Waals surface area contributed by atoms with Gasteiger partial charge >= 0.3 is 5.97 Å². The number of hydrogen-bond acceptors (Lipinski definition) is 4. The van der Waals surface area contributed by atoms with Gasteiger partial charge in [-0.1, -0.05) is 18.2 Å². The number of ether oxygens (including phenoxy) is 2. The number of carbonyl (C=O) groups is 2. The molecule has 23 heavy (non-hydrogen) atoms. The highest BCUT2D eigenvalue weighted by atomic mass is 16.5. The van der Waals surface area contributed by atoms with Gasteiger partial charge in [0.2, 0.25) is 5.91 Å². The Hall–Kier alpha value is -2.08. The van der Waals surface area contributed by atoms with E-state index in [1.165, 1.54) is 4.90 Å². The van der Waals surface area contributed by atoms with Gasteiger partial charge in [-0.2, -0.15) is 0 Å². The molecule has 0 bridgehead atoms. The van der Waals surface area contributed by atoms with Crippen LogP contribution in [0.4, 0.5) is 0 Å². The third-order valence-electron chi connectivity index (χ3n) is 4.47. The second-order valence-corrected chi connectivity index (χ2v) is 5.97. The van der Waals surface area contributed by atoms with Gasteiger partial charge in [-0.3, -0.25) is 4.79 Å². The number of rotatable bonds is 3. The van der Waals surface area contributed by atoms with Gasteiger partial charge in [0.25, 0.3) is 0 Å². The fraction of sp³-hybridized carbons (Fsp3) is 0.529. The molecule has 6 heteroatoms. The van der Waals surface area contributed by atoms with Crippen LogP contribution in [-0.4, -0.2) is 48.2 Å². The second kappa shape index (κ2) is 7.00. The van der Waals surface area contributed by atoms with E-state index in [0.717, 1.165) is 12.8 Å². The van der Waals surface area contributed by atoms with Crippen LogP contribution in [0.1, 0.15) is 30.9 Å². The van der Waals surface area contributed by atoms with Crippen LogP contribution < -0.4 is 4.74 Å². The lowest BCUT2D eigenvalue weighted by Crippen LogP contribution is -2.41. The van der Waals surface area contributed by atoms with Gasteiger partial charge in [0.1, 0.15) is 12.4 Å². The van der Waals surface area contributed by atoms with E-state index in [1.54, 1.807) is 24.3 Å². The Bertz CT molecular complexity index is 582. The zero-order chi connectivity index (χ0) is 16.2. The zero-order valence-electron chi connectivity index (χ0n) is 12.9. The topological polar surface area (TPSA) is 76.1 Å². The summed E-state index contributed by atoms with van der Waals surface area (Å²) in [5, 5.41) is 9.67. The minimum atomic E-state index is -1.02. The number of fused-ring (bicyclic) bond motifs is 1. The van der Waals surface area contributed by atoms with E-state index in [9.17, 15) is 14.7 Å². The van der Waals surface area contributed by atoms with Crippen LogP contribution in [0.25, 0.3) is 0 Å². The molecule has 1 fully saturated rings. The number of para-hydroxylation sites is 1. The maximum Gasteiger partial charge on any atom is 0.331 e. The van der Waals surface area contributed by atoms with Gasteiger partial charge in [0, 0.05) is 25.2 Å². The minimum Gasteiger partial charge on any atom is -0.491 e. The lowest BCUT2D eigenvalue weighted by atomic mass is 9.95. The Balaban J connectivity index is 1.81. The van der Waals surface area contributed by atoms with Gasteiger partial charge in [-0.15, -0.1) is 0 Å². The van der Waals surface area contributed by atoms with Crippen LogP contribution in [0.15, 0.2) is 24.3 Å². The first-order valence-corrected chi connectivity index (χ1v) is 7.98. The molecule has 1 amide bonds. The van der Waals surface area contributed by atoms with Gasteiger partial charge in [-0.25, -0.2) is 4.79 Å². The van der Waals surface area contributed by atoms with Crippen LogP contribution in [0.5, 0.6) is 5.75 Å². The smallest absolute Gasteiger partial charge is 0.331 e. The average molecular weight is 319 g/mol. The van der Waals surface area contributed by atoms with E-state index in [4.69, 9.17) is 9.47 Å². The Kier molecular flexibility index (Phi) is 4.81. The molecule has 124 valence electrons. The SMILES string of the molecule is O=C(O)C1c2ccccc2OCCN1C(=O)CC1CCOCC1. The molecule has 1 aromatic rings. The molecule has 2 heterocycles. The Morgan fingerprint density at radius 1 is 1.17 bits per heavy atom. The third kappa shape index (κ3) is 3.47. The first kappa shape index (κ1) is 15.8. The van der Waals surface area contributed by atoms with Crippen molar-refractivity contribution in [3.8, 4) is 5.75 Å². The summed E-state index contributed by atoms with van der Waals surface area (Å²) in [5.41, 5.74) is 0.540. The molecule has 0 saturated carbocycles. The van der Waals surface area contributed by atoms with Crippen molar-refractivity contribution in [3.05, 3.63) is 29.8 Å². The zero-order valence-corrected chi connectivity index (χ0v) is 12.9. The number of nitrogens with zero attached hydrogens (tertiary/aromatic N) is 1. The summed E-state index contributed by atoms with van der Waals surface area (Å²) in [5.74, 6) is -0.334. The number of benzene rings is 1. The van der Waals surface area contributed by atoms with Crippen molar-refractivity contribution in [1.29, 1.82) is 0 Å². The largest absolute Gasteiger partial charge is 0.491 e. The number of carboxylic acids is 1. The van der Waals surface area contributed by atoms with Gasteiger partial charge < -0.3 is 19.5 Å². The van der Waals surface area contributed by atoms with Crippen LogP contribution in [0.3, 0.4) is 0 Å². The Morgan fingerprint density at radius 2 is 1.91 bits per heavy atom. The van der Waals surface area contributed by atoms with E-state index >= 15 is 0 Å². The molecule has 1 aromatic carbocycles. The van der Waals surface area contributed by atoms with Crippen molar-refractivity contribution in [2.24, 2.45) is 5.92 Å².